The van der Waals surface area contributed by atoms with Crippen molar-refractivity contribution >= 4 is 23.1 Å². The molecule has 0 spiro atoms. The maximum Gasteiger partial charge on any atom is 0.231 e. The molecular weight excluding hydrogens is 428 g/mol. The molecule has 1 aliphatic rings. The van der Waals surface area contributed by atoms with Crippen molar-refractivity contribution in [2.24, 2.45) is 0 Å². The highest BCUT2D eigenvalue weighted by atomic mass is 32.1. The van der Waals surface area contributed by atoms with Gasteiger partial charge in [0.05, 0.1) is 24.9 Å². The molecular formula is C23H20N4O4S. The average molecular weight is 449 g/mol. The monoisotopic (exact) mass is 448 g/mol. The number of anilines is 1. The summed E-state index contributed by atoms with van der Waals surface area (Å²) in [6.07, 6.45) is 0.245. The van der Waals surface area contributed by atoms with Crippen LogP contribution in [-0.2, 0) is 11.2 Å². The molecule has 5 rings (SSSR count). The molecule has 8 nitrogen and oxygen atoms in total. The Morgan fingerprint density at radius 1 is 1.16 bits per heavy atom. The van der Waals surface area contributed by atoms with E-state index in [0.29, 0.717) is 16.7 Å². The largest absolute Gasteiger partial charge is 0.497 e. The highest BCUT2D eigenvalue weighted by molar-refractivity contribution is 7.12. The third-order valence-corrected chi connectivity index (χ3v) is 5.78. The second-order valence-corrected chi connectivity index (χ2v) is 8.08. The van der Waals surface area contributed by atoms with Gasteiger partial charge in [-0.25, -0.2) is 4.98 Å². The molecule has 0 aliphatic carbocycles. The summed E-state index contributed by atoms with van der Waals surface area (Å²) >= 11 is 1.45. The number of methoxy groups -OCH3 is 1. The van der Waals surface area contributed by atoms with Crippen LogP contribution in [0, 0.1) is 6.92 Å². The first-order valence-corrected chi connectivity index (χ1v) is 10.8. The summed E-state index contributed by atoms with van der Waals surface area (Å²) in [5, 5.41) is 10.1. The Morgan fingerprint density at radius 2 is 1.97 bits per heavy atom. The summed E-state index contributed by atoms with van der Waals surface area (Å²) < 4.78 is 17.7. The zero-order valence-corrected chi connectivity index (χ0v) is 18.3. The molecule has 0 bridgehead atoms. The SMILES string of the molecule is COc1ccc(CC(=O)Nc2cc(C)nn2-c2nc(-c3ccc4c(c3)OCO4)cs2)cc1. The lowest BCUT2D eigenvalue weighted by Crippen LogP contribution is -2.17. The smallest absolute Gasteiger partial charge is 0.231 e. The van der Waals surface area contributed by atoms with Crippen LogP contribution in [0.4, 0.5) is 5.82 Å². The summed E-state index contributed by atoms with van der Waals surface area (Å²) in [7, 11) is 1.61. The van der Waals surface area contributed by atoms with Gasteiger partial charge in [0.1, 0.15) is 11.6 Å². The first-order chi connectivity index (χ1) is 15.6. The number of benzene rings is 2. The van der Waals surface area contributed by atoms with Crippen LogP contribution in [0.5, 0.6) is 17.2 Å². The van der Waals surface area contributed by atoms with Crippen LogP contribution in [0.3, 0.4) is 0 Å². The molecule has 2 aromatic heterocycles. The number of hydrogen-bond donors (Lipinski definition) is 1. The molecule has 1 aliphatic heterocycles. The number of hydrogen-bond acceptors (Lipinski definition) is 7. The van der Waals surface area contributed by atoms with Gasteiger partial charge >= 0.3 is 0 Å². The van der Waals surface area contributed by atoms with Gasteiger partial charge in [-0.05, 0) is 42.8 Å². The minimum Gasteiger partial charge on any atom is -0.497 e. The van der Waals surface area contributed by atoms with Gasteiger partial charge in [-0.2, -0.15) is 9.78 Å². The summed E-state index contributed by atoms with van der Waals surface area (Å²) in [6, 6.07) is 15.0. The third kappa shape index (κ3) is 4.02. The maximum atomic E-state index is 12.6. The molecule has 0 saturated carbocycles. The Kier molecular flexibility index (Phi) is 5.24. The highest BCUT2D eigenvalue weighted by Crippen LogP contribution is 2.36. The molecule has 0 radical (unpaired) electrons. The zero-order valence-electron chi connectivity index (χ0n) is 17.5. The van der Waals surface area contributed by atoms with E-state index in [9.17, 15) is 4.79 Å². The summed E-state index contributed by atoms with van der Waals surface area (Å²) in [5.41, 5.74) is 3.40. The van der Waals surface area contributed by atoms with Crippen molar-refractivity contribution in [1.29, 1.82) is 0 Å². The summed E-state index contributed by atoms with van der Waals surface area (Å²) in [6.45, 7) is 2.11. The molecule has 32 heavy (non-hydrogen) atoms. The van der Waals surface area contributed by atoms with E-state index in [1.54, 1.807) is 11.8 Å². The molecule has 4 aromatic rings. The normalized spacial score (nSPS) is 12.1. The first-order valence-electron chi connectivity index (χ1n) is 9.94. The van der Waals surface area contributed by atoms with Gasteiger partial charge in [-0.1, -0.05) is 12.1 Å². The number of ether oxygens (including phenoxy) is 3. The molecule has 1 N–H and O–H groups in total. The van der Waals surface area contributed by atoms with Crippen molar-refractivity contribution in [1.82, 2.24) is 14.8 Å². The van der Waals surface area contributed by atoms with E-state index < -0.39 is 0 Å². The van der Waals surface area contributed by atoms with E-state index in [1.807, 2.05) is 60.8 Å². The predicted octanol–water partition coefficient (Wildman–Crippen LogP) is 4.22. The van der Waals surface area contributed by atoms with E-state index >= 15 is 0 Å². The lowest BCUT2D eigenvalue weighted by molar-refractivity contribution is -0.115. The van der Waals surface area contributed by atoms with Crippen LogP contribution < -0.4 is 19.5 Å². The summed E-state index contributed by atoms with van der Waals surface area (Å²) in [4.78, 5) is 17.4. The van der Waals surface area contributed by atoms with Crippen LogP contribution in [0.15, 0.2) is 53.9 Å². The molecule has 2 aromatic carbocycles. The number of carbonyl (C=O) groups is 1. The lowest BCUT2D eigenvalue weighted by atomic mass is 10.1. The molecule has 0 atom stereocenters. The number of nitrogens with zero attached hydrogens (tertiary/aromatic N) is 3. The van der Waals surface area contributed by atoms with E-state index in [0.717, 1.165) is 34.0 Å². The van der Waals surface area contributed by atoms with Gasteiger partial charge < -0.3 is 19.5 Å². The number of nitrogens with one attached hydrogen (secondary N) is 1. The van der Waals surface area contributed by atoms with Crippen molar-refractivity contribution < 1.29 is 19.0 Å². The zero-order chi connectivity index (χ0) is 22.1. The number of thiazole rings is 1. The van der Waals surface area contributed by atoms with Gasteiger partial charge in [0.15, 0.2) is 11.5 Å². The number of fused-ring (bicyclic) bond motifs is 1. The number of amides is 1. The molecule has 3 heterocycles. The minimum atomic E-state index is -0.135. The van der Waals surface area contributed by atoms with Gasteiger partial charge in [0, 0.05) is 17.0 Å². The average Bonchev–Trinajstić information content (AvgIpc) is 3.53. The Balaban J connectivity index is 1.35. The van der Waals surface area contributed by atoms with Gasteiger partial charge in [-0.15, -0.1) is 11.3 Å². The number of carbonyl (C=O) groups excluding carboxylic acids is 1. The fourth-order valence-corrected chi connectivity index (χ4v) is 4.20. The van der Waals surface area contributed by atoms with Gasteiger partial charge in [0.2, 0.25) is 17.8 Å². The van der Waals surface area contributed by atoms with E-state index in [4.69, 9.17) is 19.2 Å². The Bertz CT molecular complexity index is 1280. The van der Waals surface area contributed by atoms with Crippen LogP contribution in [-0.4, -0.2) is 34.6 Å². The second-order valence-electron chi connectivity index (χ2n) is 7.24. The quantitative estimate of drug-likeness (QED) is 0.475. The van der Waals surface area contributed by atoms with Crippen molar-refractivity contribution in [2.45, 2.75) is 13.3 Å². The van der Waals surface area contributed by atoms with Crippen molar-refractivity contribution in [3.63, 3.8) is 0 Å². The van der Waals surface area contributed by atoms with Crippen LogP contribution in [0.2, 0.25) is 0 Å². The van der Waals surface area contributed by atoms with E-state index in [2.05, 4.69) is 10.4 Å². The van der Waals surface area contributed by atoms with Crippen molar-refractivity contribution in [2.75, 3.05) is 19.2 Å². The minimum absolute atomic E-state index is 0.135. The fraction of sp³-hybridized carbons (Fsp3) is 0.174. The number of rotatable bonds is 6. The third-order valence-electron chi connectivity index (χ3n) is 4.96. The molecule has 0 saturated heterocycles. The maximum absolute atomic E-state index is 12.6. The number of aryl methyl sites for hydroxylation is 1. The van der Waals surface area contributed by atoms with Crippen molar-refractivity contribution in [3.05, 3.63) is 65.2 Å². The molecule has 0 unspecified atom stereocenters. The molecule has 0 fully saturated rings. The fourth-order valence-electron chi connectivity index (χ4n) is 3.40. The van der Waals surface area contributed by atoms with Gasteiger partial charge in [0.25, 0.3) is 0 Å². The Hall–Kier alpha value is -3.85. The topological polar surface area (TPSA) is 87.5 Å². The lowest BCUT2D eigenvalue weighted by Gasteiger charge is -2.07. The van der Waals surface area contributed by atoms with E-state index in [1.165, 1.54) is 11.3 Å². The molecule has 162 valence electrons. The molecule has 9 heteroatoms. The molecule has 1 amide bonds. The second kappa shape index (κ2) is 8.35. The number of aromatic nitrogens is 3. The van der Waals surface area contributed by atoms with Gasteiger partial charge in [-0.3, -0.25) is 4.79 Å². The summed E-state index contributed by atoms with van der Waals surface area (Å²) in [5.74, 6) is 2.63. The first kappa shape index (κ1) is 20.1. The standard InChI is InChI=1S/C23H20N4O4S/c1-14-9-21(25-22(28)10-15-3-6-17(29-2)7-4-15)27(26-14)23-24-18(12-32-23)16-5-8-19-20(11-16)31-13-30-19/h3-9,11-12H,10,13H2,1-2H3,(H,25,28). The van der Waals surface area contributed by atoms with Crippen LogP contribution in [0.1, 0.15) is 11.3 Å². The van der Waals surface area contributed by atoms with Crippen LogP contribution in [0.25, 0.3) is 16.4 Å². The predicted molar refractivity (Wildman–Crippen MR) is 121 cm³/mol. The Labute approximate surface area is 188 Å². The van der Waals surface area contributed by atoms with Crippen LogP contribution >= 0.6 is 11.3 Å². The van der Waals surface area contributed by atoms with Crippen molar-refractivity contribution in [3.8, 4) is 33.6 Å². The Morgan fingerprint density at radius 3 is 2.78 bits per heavy atom. The van der Waals surface area contributed by atoms with E-state index in [-0.39, 0.29) is 19.1 Å². The highest BCUT2D eigenvalue weighted by Gasteiger charge is 2.17.